The van der Waals surface area contributed by atoms with Crippen LogP contribution in [0.15, 0.2) is 48.1 Å². The molecule has 4 aromatic rings. The van der Waals surface area contributed by atoms with Crippen LogP contribution in [0.1, 0.15) is 20.8 Å². The lowest BCUT2D eigenvalue weighted by Gasteiger charge is -2.20. The molecule has 8 nitrogen and oxygen atoms in total. The van der Waals surface area contributed by atoms with E-state index in [1.807, 2.05) is 56.5 Å². The maximum Gasteiger partial charge on any atom is 0.258 e. The van der Waals surface area contributed by atoms with Crippen molar-refractivity contribution in [3.05, 3.63) is 48.1 Å². The lowest BCUT2D eigenvalue weighted by molar-refractivity contribution is -0.124. The van der Waals surface area contributed by atoms with Gasteiger partial charge in [-0.2, -0.15) is 5.10 Å². The van der Waals surface area contributed by atoms with Crippen LogP contribution in [0, 0.1) is 0 Å². The number of ether oxygens (including phenoxy) is 1. The second kappa shape index (κ2) is 8.11. The molecular formula is C21H22N6O2S. The van der Waals surface area contributed by atoms with E-state index in [0.29, 0.717) is 17.4 Å². The molecule has 0 spiro atoms. The first-order valence-corrected chi connectivity index (χ1v) is 10.3. The summed E-state index contributed by atoms with van der Waals surface area (Å²) in [6, 6.07) is 9.37. The number of anilines is 2. The number of hydrogen-bond acceptors (Lipinski definition) is 7. The molecule has 0 saturated heterocycles. The van der Waals surface area contributed by atoms with Crippen LogP contribution in [0.5, 0.6) is 5.75 Å². The van der Waals surface area contributed by atoms with E-state index < -0.39 is 0 Å². The predicted octanol–water partition coefficient (Wildman–Crippen LogP) is 4.12. The summed E-state index contributed by atoms with van der Waals surface area (Å²) in [5, 5.41) is 14.9. The minimum atomic E-state index is -0.301. The van der Waals surface area contributed by atoms with Crippen LogP contribution < -0.4 is 15.4 Å². The highest BCUT2D eigenvalue weighted by Crippen LogP contribution is 2.31. The summed E-state index contributed by atoms with van der Waals surface area (Å²) >= 11 is 1.57. The number of carbonyl (C=O) groups is 1. The maximum atomic E-state index is 12.0. The predicted molar refractivity (Wildman–Crippen MR) is 118 cm³/mol. The largest absolute Gasteiger partial charge is 0.484 e. The average Bonchev–Trinajstić information content (AvgIpc) is 3.37. The molecule has 0 fully saturated rings. The second-order valence-electron chi connectivity index (χ2n) is 7.76. The highest BCUT2D eigenvalue weighted by Gasteiger charge is 2.15. The molecule has 9 heteroatoms. The zero-order valence-corrected chi connectivity index (χ0v) is 17.7. The molecule has 1 aromatic carbocycles. The van der Waals surface area contributed by atoms with Gasteiger partial charge in [0.05, 0.1) is 22.1 Å². The Bertz CT molecular complexity index is 1160. The summed E-state index contributed by atoms with van der Waals surface area (Å²) in [4.78, 5) is 21.4. The highest BCUT2D eigenvalue weighted by atomic mass is 32.1. The van der Waals surface area contributed by atoms with E-state index in [9.17, 15) is 4.79 Å². The van der Waals surface area contributed by atoms with Crippen molar-refractivity contribution in [2.45, 2.75) is 26.3 Å². The first-order valence-electron chi connectivity index (χ1n) is 9.43. The molecule has 154 valence electrons. The number of aromatic nitrogens is 4. The molecule has 3 aromatic heterocycles. The number of nitrogens with one attached hydrogen (secondary N) is 3. The van der Waals surface area contributed by atoms with Gasteiger partial charge in [-0.05, 0) is 44.4 Å². The SMILES string of the molecule is CC(C)(C)NC(=O)COc1cccc(-c2nc(Nc3cn[nH]c3)c3sccc3n2)c1. The first kappa shape index (κ1) is 19.8. The molecule has 30 heavy (non-hydrogen) atoms. The lowest BCUT2D eigenvalue weighted by atomic mass is 10.1. The van der Waals surface area contributed by atoms with E-state index in [4.69, 9.17) is 9.72 Å². The highest BCUT2D eigenvalue weighted by molar-refractivity contribution is 7.17. The minimum absolute atomic E-state index is 0.0571. The van der Waals surface area contributed by atoms with Crippen LogP contribution in [0.2, 0.25) is 0 Å². The van der Waals surface area contributed by atoms with Crippen LogP contribution in [-0.4, -0.2) is 38.2 Å². The van der Waals surface area contributed by atoms with Crippen LogP contribution in [-0.2, 0) is 4.79 Å². The van der Waals surface area contributed by atoms with E-state index in [2.05, 4.69) is 25.8 Å². The van der Waals surface area contributed by atoms with E-state index in [0.717, 1.165) is 21.5 Å². The Morgan fingerprint density at radius 3 is 2.87 bits per heavy atom. The Kier molecular flexibility index (Phi) is 5.37. The fraction of sp³-hybridized carbons (Fsp3) is 0.238. The Morgan fingerprint density at radius 1 is 1.23 bits per heavy atom. The number of amides is 1. The van der Waals surface area contributed by atoms with Gasteiger partial charge in [-0.3, -0.25) is 9.89 Å². The van der Waals surface area contributed by atoms with Crippen molar-refractivity contribution in [3.63, 3.8) is 0 Å². The number of nitrogens with zero attached hydrogens (tertiary/aromatic N) is 3. The molecule has 0 saturated carbocycles. The smallest absolute Gasteiger partial charge is 0.258 e. The van der Waals surface area contributed by atoms with Crippen LogP contribution in [0.25, 0.3) is 21.6 Å². The Morgan fingerprint density at radius 2 is 2.10 bits per heavy atom. The number of carbonyl (C=O) groups excluding carboxylic acids is 1. The third kappa shape index (κ3) is 4.74. The van der Waals surface area contributed by atoms with Gasteiger partial charge in [-0.25, -0.2) is 9.97 Å². The third-order valence-electron chi connectivity index (χ3n) is 4.04. The number of benzene rings is 1. The minimum Gasteiger partial charge on any atom is -0.484 e. The fourth-order valence-electron chi connectivity index (χ4n) is 2.86. The summed E-state index contributed by atoms with van der Waals surface area (Å²) in [5.41, 5.74) is 2.17. The number of thiophene rings is 1. The van der Waals surface area contributed by atoms with Crippen molar-refractivity contribution in [2.24, 2.45) is 0 Å². The van der Waals surface area contributed by atoms with Crippen LogP contribution in [0.4, 0.5) is 11.5 Å². The van der Waals surface area contributed by atoms with Crippen LogP contribution in [0.3, 0.4) is 0 Å². The number of aromatic amines is 1. The molecule has 0 aliphatic rings. The van der Waals surface area contributed by atoms with Crippen molar-refractivity contribution < 1.29 is 9.53 Å². The number of hydrogen-bond donors (Lipinski definition) is 3. The summed E-state index contributed by atoms with van der Waals surface area (Å²) in [6.07, 6.45) is 3.45. The summed E-state index contributed by atoms with van der Waals surface area (Å²) in [5.74, 6) is 1.68. The Hall–Kier alpha value is -3.46. The summed E-state index contributed by atoms with van der Waals surface area (Å²) in [6.45, 7) is 5.73. The van der Waals surface area contributed by atoms with Gasteiger partial charge in [-0.15, -0.1) is 11.3 Å². The topological polar surface area (TPSA) is 105 Å². The normalized spacial score (nSPS) is 11.4. The number of fused-ring (bicyclic) bond motifs is 1. The van der Waals surface area contributed by atoms with Gasteiger partial charge >= 0.3 is 0 Å². The van der Waals surface area contributed by atoms with Gasteiger partial charge in [0, 0.05) is 17.3 Å². The third-order valence-corrected chi connectivity index (χ3v) is 4.95. The summed E-state index contributed by atoms with van der Waals surface area (Å²) < 4.78 is 6.63. The fourth-order valence-corrected chi connectivity index (χ4v) is 3.64. The lowest BCUT2D eigenvalue weighted by Crippen LogP contribution is -2.43. The summed E-state index contributed by atoms with van der Waals surface area (Å²) in [7, 11) is 0. The monoisotopic (exact) mass is 422 g/mol. The van der Waals surface area contributed by atoms with Crippen molar-refractivity contribution in [3.8, 4) is 17.1 Å². The molecule has 0 unspecified atom stereocenters. The molecule has 3 heterocycles. The standard InChI is InChI=1S/C21H22N6O2S/c1-21(2,3)27-17(28)12-29-15-6-4-5-13(9-15)19-25-16-7-8-30-18(16)20(26-19)24-14-10-22-23-11-14/h4-11H,12H2,1-3H3,(H,22,23)(H,27,28)(H,24,25,26). The second-order valence-corrected chi connectivity index (χ2v) is 8.67. The van der Waals surface area contributed by atoms with E-state index in [1.54, 1.807) is 23.7 Å². The van der Waals surface area contributed by atoms with Crippen molar-refractivity contribution in [1.29, 1.82) is 0 Å². The van der Waals surface area contributed by atoms with Gasteiger partial charge in [0.1, 0.15) is 5.75 Å². The van der Waals surface area contributed by atoms with Crippen molar-refractivity contribution >= 4 is 39.0 Å². The van der Waals surface area contributed by atoms with E-state index in [1.165, 1.54) is 0 Å². The van der Waals surface area contributed by atoms with Gasteiger partial charge in [0.2, 0.25) is 0 Å². The Balaban J connectivity index is 1.58. The van der Waals surface area contributed by atoms with E-state index in [-0.39, 0.29) is 18.1 Å². The molecular weight excluding hydrogens is 400 g/mol. The molecule has 0 aliphatic heterocycles. The maximum absolute atomic E-state index is 12.0. The molecule has 0 radical (unpaired) electrons. The number of rotatable bonds is 6. The average molecular weight is 423 g/mol. The van der Waals surface area contributed by atoms with Gasteiger partial charge in [-0.1, -0.05) is 12.1 Å². The van der Waals surface area contributed by atoms with E-state index >= 15 is 0 Å². The van der Waals surface area contributed by atoms with Gasteiger partial charge in [0.15, 0.2) is 18.2 Å². The number of H-pyrrole nitrogens is 1. The molecule has 3 N–H and O–H groups in total. The van der Waals surface area contributed by atoms with Gasteiger partial charge in [0.25, 0.3) is 5.91 Å². The quantitative estimate of drug-likeness (QED) is 0.432. The molecule has 4 rings (SSSR count). The van der Waals surface area contributed by atoms with Crippen molar-refractivity contribution in [1.82, 2.24) is 25.5 Å². The van der Waals surface area contributed by atoms with Crippen LogP contribution >= 0.6 is 11.3 Å². The molecule has 0 bridgehead atoms. The van der Waals surface area contributed by atoms with Gasteiger partial charge < -0.3 is 15.4 Å². The Labute approximate surface area is 177 Å². The zero-order chi connectivity index (χ0) is 21.1. The zero-order valence-electron chi connectivity index (χ0n) is 16.9. The first-order chi connectivity index (χ1) is 14.4. The molecule has 1 amide bonds. The molecule has 0 atom stereocenters. The molecule has 0 aliphatic carbocycles. The van der Waals surface area contributed by atoms with Crippen molar-refractivity contribution in [2.75, 3.05) is 11.9 Å².